The zero-order chi connectivity index (χ0) is 16.1. The Morgan fingerprint density at radius 2 is 2.27 bits per heavy atom. The largest absolute Gasteiger partial charge is 0.377 e. The monoisotopic (exact) mass is 304 g/mol. The second-order valence-electron chi connectivity index (χ2n) is 5.02. The predicted molar refractivity (Wildman–Crippen MR) is 81.4 cm³/mol. The third kappa shape index (κ3) is 4.05. The van der Waals surface area contributed by atoms with Gasteiger partial charge in [-0.25, -0.2) is 4.79 Å². The number of anilines is 1. The Morgan fingerprint density at radius 1 is 1.50 bits per heavy atom. The molecule has 0 saturated carbocycles. The molecule has 1 N–H and O–H groups in total. The summed E-state index contributed by atoms with van der Waals surface area (Å²) in [7, 11) is 3.32. The number of carbonyl (C=O) groups excluding carboxylic acids is 1. The van der Waals surface area contributed by atoms with E-state index in [4.69, 9.17) is 9.26 Å². The van der Waals surface area contributed by atoms with Crippen molar-refractivity contribution >= 4 is 11.7 Å². The molecule has 1 heterocycles. The van der Waals surface area contributed by atoms with Gasteiger partial charge in [-0.2, -0.15) is 4.98 Å². The minimum absolute atomic E-state index is 0.0307. The number of rotatable bonds is 5. The van der Waals surface area contributed by atoms with E-state index in [2.05, 4.69) is 15.5 Å². The van der Waals surface area contributed by atoms with Crippen LogP contribution in [0.2, 0.25) is 0 Å². The Balaban J connectivity index is 1.99. The van der Waals surface area contributed by atoms with E-state index in [0.29, 0.717) is 17.4 Å². The highest BCUT2D eigenvalue weighted by molar-refractivity contribution is 5.89. The number of nitrogens with zero attached hydrogens (tertiary/aromatic N) is 3. The number of aryl methyl sites for hydroxylation is 1. The van der Waals surface area contributed by atoms with E-state index in [0.717, 1.165) is 5.56 Å². The number of benzene rings is 1. The fourth-order valence-corrected chi connectivity index (χ4v) is 1.91. The first-order valence-corrected chi connectivity index (χ1v) is 6.93. The first-order chi connectivity index (χ1) is 10.5. The van der Waals surface area contributed by atoms with Crippen molar-refractivity contribution in [1.29, 1.82) is 0 Å². The van der Waals surface area contributed by atoms with Crippen molar-refractivity contribution in [2.45, 2.75) is 26.5 Å². The molecule has 1 aromatic heterocycles. The average Bonchev–Trinajstić information content (AvgIpc) is 2.91. The molecular weight excluding hydrogens is 284 g/mol. The van der Waals surface area contributed by atoms with E-state index >= 15 is 0 Å². The quantitative estimate of drug-likeness (QED) is 0.918. The highest BCUT2D eigenvalue weighted by Gasteiger charge is 2.13. The number of nitrogens with one attached hydrogen (secondary N) is 1. The van der Waals surface area contributed by atoms with Crippen LogP contribution in [0.1, 0.15) is 30.3 Å². The molecule has 2 rings (SSSR count). The van der Waals surface area contributed by atoms with E-state index in [9.17, 15) is 4.79 Å². The molecule has 0 radical (unpaired) electrons. The van der Waals surface area contributed by atoms with Gasteiger partial charge in [-0.1, -0.05) is 17.3 Å². The zero-order valence-electron chi connectivity index (χ0n) is 13.2. The first kappa shape index (κ1) is 16.0. The summed E-state index contributed by atoms with van der Waals surface area (Å²) < 4.78 is 10.2. The number of amides is 2. The highest BCUT2D eigenvalue weighted by atomic mass is 16.5. The fourth-order valence-electron chi connectivity index (χ4n) is 1.91. The number of carbonyl (C=O) groups is 1. The predicted octanol–water partition coefficient (Wildman–Crippen LogP) is 2.75. The van der Waals surface area contributed by atoms with Gasteiger partial charge in [-0.3, -0.25) is 0 Å². The van der Waals surface area contributed by atoms with E-state index in [1.54, 1.807) is 21.1 Å². The van der Waals surface area contributed by atoms with E-state index in [-0.39, 0.29) is 18.7 Å². The Hall–Kier alpha value is -2.41. The smallest absolute Gasteiger partial charge is 0.321 e. The molecule has 118 valence electrons. The van der Waals surface area contributed by atoms with Crippen LogP contribution in [0.15, 0.2) is 28.8 Å². The Labute approximate surface area is 129 Å². The fraction of sp³-hybridized carbons (Fsp3) is 0.400. The number of urea groups is 1. The molecule has 7 nitrogen and oxygen atoms in total. The molecule has 22 heavy (non-hydrogen) atoms. The molecule has 1 atom stereocenters. The van der Waals surface area contributed by atoms with Gasteiger partial charge in [0.2, 0.25) is 5.89 Å². The second kappa shape index (κ2) is 7.04. The summed E-state index contributed by atoms with van der Waals surface area (Å²) in [5.74, 6) is 0.946. The molecule has 2 aromatic rings. The van der Waals surface area contributed by atoms with Crippen LogP contribution in [0.25, 0.3) is 0 Å². The van der Waals surface area contributed by atoms with Gasteiger partial charge in [0, 0.05) is 26.8 Å². The number of methoxy groups -OCH3 is 1. The van der Waals surface area contributed by atoms with Crippen LogP contribution in [0.3, 0.4) is 0 Å². The molecule has 0 aliphatic heterocycles. The summed E-state index contributed by atoms with van der Waals surface area (Å²) in [4.78, 5) is 17.7. The van der Waals surface area contributed by atoms with Crippen LogP contribution in [0, 0.1) is 6.92 Å². The molecular formula is C15H20N4O3. The normalized spacial score (nSPS) is 12.0. The maximum atomic E-state index is 12.2. The summed E-state index contributed by atoms with van der Waals surface area (Å²) in [5, 5.41) is 6.60. The van der Waals surface area contributed by atoms with Gasteiger partial charge in [-0.05, 0) is 24.6 Å². The highest BCUT2D eigenvalue weighted by Crippen LogP contribution is 2.19. The lowest BCUT2D eigenvalue weighted by molar-refractivity contribution is 0.119. The molecule has 0 fully saturated rings. The molecule has 0 aliphatic carbocycles. The number of hydrogen-bond acceptors (Lipinski definition) is 5. The maximum absolute atomic E-state index is 12.2. The third-order valence-electron chi connectivity index (χ3n) is 3.26. The number of ether oxygens (including phenoxy) is 1. The van der Waals surface area contributed by atoms with Gasteiger partial charge in [0.15, 0.2) is 5.82 Å². The molecule has 0 saturated heterocycles. The lowest BCUT2D eigenvalue weighted by Crippen LogP contribution is -2.31. The lowest BCUT2D eigenvalue weighted by Gasteiger charge is -2.17. The Morgan fingerprint density at radius 3 is 2.91 bits per heavy atom. The standard InChI is InChI=1S/C15H20N4O3/c1-10(21-4)12-6-5-7-13(8-12)17-15(20)19(3)9-14-16-11(2)22-18-14/h5-8,10H,9H2,1-4H3,(H,17,20)/t10-/m1/s1. The summed E-state index contributed by atoms with van der Waals surface area (Å²) in [6, 6.07) is 7.30. The van der Waals surface area contributed by atoms with Crippen LogP contribution >= 0.6 is 0 Å². The molecule has 0 aliphatic rings. The van der Waals surface area contributed by atoms with Crippen molar-refractivity contribution < 1.29 is 14.1 Å². The maximum Gasteiger partial charge on any atom is 0.321 e. The van der Waals surface area contributed by atoms with Gasteiger partial charge in [-0.15, -0.1) is 0 Å². The minimum Gasteiger partial charge on any atom is -0.377 e. The molecule has 0 bridgehead atoms. The molecule has 7 heteroatoms. The van der Waals surface area contributed by atoms with Crippen molar-refractivity contribution in [3.8, 4) is 0 Å². The topological polar surface area (TPSA) is 80.5 Å². The summed E-state index contributed by atoms with van der Waals surface area (Å²) >= 11 is 0. The molecule has 1 aromatic carbocycles. The van der Waals surface area contributed by atoms with Crippen LogP contribution in [-0.2, 0) is 11.3 Å². The van der Waals surface area contributed by atoms with Crippen LogP contribution in [0.5, 0.6) is 0 Å². The van der Waals surface area contributed by atoms with E-state index in [1.165, 1.54) is 4.90 Å². The van der Waals surface area contributed by atoms with Crippen molar-refractivity contribution in [3.63, 3.8) is 0 Å². The average molecular weight is 304 g/mol. The van der Waals surface area contributed by atoms with Gasteiger partial charge >= 0.3 is 6.03 Å². The van der Waals surface area contributed by atoms with Crippen LogP contribution in [-0.4, -0.2) is 35.2 Å². The van der Waals surface area contributed by atoms with Crippen molar-refractivity contribution in [2.75, 3.05) is 19.5 Å². The molecule has 0 unspecified atom stereocenters. The molecule has 2 amide bonds. The summed E-state index contributed by atoms with van der Waals surface area (Å²) in [6.45, 7) is 3.93. The number of hydrogen-bond donors (Lipinski definition) is 1. The van der Waals surface area contributed by atoms with Gasteiger partial charge in [0.1, 0.15) is 0 Å². The van der Waals surface area contributed by atoms with E-state index < -0.39 is 0 Å². The minimum atomic E-state index is -0.246. The van der Waals surface area contributed by atoms with E-state index in [1.807, 2.05) is 31.2 Å². The van der Waals surface area contributed by atoms with Gasteiger partial charge < -0.3 is 19.5 Å². The number of aromatic nitrogens is 2. The van der Waals surface area contributed by atoms with Crippen LogP contribution < -0.4 is 5.32 Å². The van der Waals surface area contributed by atoms with Crippen LogP contribution in [0.4, 0.5) is 10.5 Å². The lowest BCUT2D eigenvalue weighted by atomic mass is 10.1. The van der Waals surface area contributed by atoms with Crippen molar-refractivity contribution in [2.24, 2.45) is 0 Å². The zero-order valence-corrected chi connectivity index (χ0v) is 13.2. The Kier molecular flexibility index (Phi) is 5.11. The summed E-state index contributed by atoms with van der Waals surface area (Å²) in [6.07, 6.45) is -0.0307. The van der Waals surface area contributed by atoms with Gasteiger partial charge in [0.05, 0.1) is 12.6 Å². The van der Waals surface area contributed by atoms with Crippen molar-refractivity contribution in [1.82, 2.24) is 15.0 Å². The SMILES string of the molecule is CO[C@H](C)c1cccc(NC(=O)N(C)Cc2noc(C)n2)c1. The Bertz CT molecular complexity index is 641. The van der Waals surface area contributed by atoms with Crippen molar-refractivity contribution in [3.05, 3.63) is 41.5 Å². The van der Waals surface area contributed by atoms with Gasteiger partial charge in [0.25, 0.3) is 0 Å². The third-order valence-corrected chi connectivity index (χ3v) is 3.26. The first-order valence-electron chi connectivity index (χ1n) is 6.93. The molecule has 0 spiro atoms. The second-order valence-corrected chi connectivity index (χ2v) is 5.02. The summed E-state index contributed by atoms with van der Waals surface area (Å²) in [5.41, 5.74) is 1.71.